The molecule has 5 heteroatoms. The second kappa shape index (κ2) is 6.66. The first-order chi connectivity index (χ1) is 8.66. The van der Waals surface area contributed by atoms with Gasteiger partial charge in [-0.3, -0.25) is 0 Å². The van der Waals surface area contributed by atoms with Crippen LogP contribution in [0.4, 0.5) is 0 Å². The molecule has 1 atom stereocenters. The predicted molar refractivity (Wildman–Crippen MR) is 81.4 cm³/mol. The third-order valence-corrected chi connectivity index (χ3v) is 4.20. The van der Waals surface area contributed by atoms with E-state index in [1.54, 1.807) is 11.3 Å². The first-order valence-corrected chi connectivity index (χ1v) is 7.83. The first-order valence-electron chi connectivity index (χ1n) is 5.72. The molecule has 0 fully saturated rings. The number of hydrogen-bond acceptors (Lipinski definition) is 3. The molecule has 1 N–H and O–H groups in total. The third-order valence-electron chi connectivity index (χ3n) is 2.74. The molecule has 18 heavy (non-hydrogen) atoms. The van der Waals surface area contributed by atoms with Gasteiger partial charge < -0.3 is 5.32 Å². The number of hydrogen-bond donors (Lipinski definition) is 1. The molecule has 0 spiro atoms. The van der Waals surface area contributed by atoms with Gasteiger partial charge in [0.2, 0.25) is 0 Å². The van der Waals surface area contributed by atoms with Crippen LogP contribution in [0.25, 0.3) is 0 Å². The Labute approximate surface area is 125 Å². The van der Waals surface area contributed by atoms with Crippen molar-refractivity contribution in [2.24, 2.45) is 0 Å². The summed E-state index contributed by atoms with van der Waals surface area (Å²) >= 11 is 11.3. The SMILES string of the molecule is CC(NCCc1cscn1)c1ccc(Br)cc1Cl. The Morgan fingerprint density at radius 3 is 3.00 bits per heavy atom. The summed E-state index contributed by atoms with van der Waals surface area (Å²) in [5.41, 5.74) is 4.13. The Hall–Kier alpha value is -0.420. The molecule has 0 saturated heterocycles. The monoisotopic (exact) mass is 344 g/mol. The zero-order valence-corrected chi connectivity index (χ0v) is 13.1. The summed E-state index contributed by atoms with van der Waals surface area (Å²) < 4.78 is 1.01. The summed E-state index contributed by atoms with van der Waals surface area (Å²) in [5, 5.41) is 6.33. The van der Waals surface area contributed by atoms with Crippen LogP contribution in [-0.4, -0.2) is 11.5 Å². The summed E-state index contributed by atoms with van der Waals surface area (Å²) in [5.74, 6) is 0. The molecule has 0 aliphatic rings. The second-order valence-electron chi connectivity index (χ2n) is 4.07. The Balaban J connectivity index is 1.89. The second-order valence-corrected chi connectivity index (χ2v) is 6.11. The fourth-order valence-corrected chi connectivity index (χ4v) is 3.17. The lowest BCUT2D eigenvalue weighted by Crippen LogP contribution is -2.21. The smallest absolute Gasteiger partial charge is 0.0794 e. The fourth-order valence-electron chi connectivity index (χ4n) is 1.74. The average molecular weight is 346 g/mol. The van der Waals surface area contributed by atoms with Crippen molar-refractivity contribution < 1.29 is 0 Å². The van der Waals surface area contributed by atoms with E-state index in [2.05, 4.69) is 38.5 Å². The Bertz CT molecular complexity index is 502. The number of rotatable bonds is 5. The van der Waals surface area contributed by atoms with Crippen LogP contribution < -0.4 is 5.32 Å². The van der Waals surface area contributed by atoms with Crippen molar-refractivity contribution in [2.75, 3.05) is 6.54 Å². The highest BCUT2D eigenvalue weighted by Gasteiger charge is 2.09. The van der Waals surface area contributed by atoms with Crippen molar-refractivity contribution in [2.45, 2.75) is 19.4 Å². The van der Waals surface area contributed by atoms with Gasteiger partial charge in [0.25, 0.3) is 0 Å². The molecule has 0 saturated carbocycles. The average Bonchev–Trinajstić information content (AvgIpc) is 2.81. The maximum absolute atomic E-state index is 6.22. The highest BCUT2D eigenvalue weighted by molar-refractivity contribution is 9.10. The molecule has 0 amide bonds. The van der Waals surface area contributed by atoms with Crippen molar-refractivity contribution in [3.8, 4) is 0 Å². The van der Waals surface area contributed by atoms with E-state index >= 15 is 0 Å². The lowest BCUT2D eigenvalue weighted by atomic mass is 10.1. The maximum atomic E-state index is 6.22. The zero-order chi connectivity index (χ0) is 13.0. The van der Waals surface area contributed by atoms with Gasteiger partial charge in [-0.05, 0) is 24.6 Å². The van der Waals surface area contributed by atoms with Gasteiger partial charge in [-0.2, -0.15) is 0 Å². The summed E-state index contributed by atoms with van der Waals surface area (Å²) in [4.78, 5) is 4.26. The van der Waals surface area contributed by atoms with Crippen LogP contribution in [-0.2, 0) is 6.42 Å². The number of aromatic nitrogens is 1. The molecule has 0 bridgehead atoms. The molecule has 2 rings (SSSR count). The first kappa shape index (κ1) is 14.0. The minimum atomic E-state index is 0.240. The van der Waals surface area contributed by atoms with E-state index < -0.39 is 0 Å². The number of benzene rings is 1. The van der Waals surface area contributed by atoms with Crippen LogP contribution in [0.15, 0.2) is 33.6 Å². The van der Waals surface area contributed by atoms with E-state index in [1.165, 1.54) is 0 Å². The summed E-state index contributed by atoms with van der Waals surface area (Å²) in [6.07, 6.45) is 0.946. The Kier molecular flexibility index (Phi) is 5.18. The van der Waals surface area contributed by atoms with E-state index in [0.29, 0.717) is 0 Å². The number of halogens is 2. The Morgan fingerprint density at radius 2 is 2.33 bits per heavy atom. The van der Waals surface area contributed by atoms with E-state index in [1.807, 2.05) is 23.7 Å². The van der Waals surface area contributed by atoms with Gasteiger partial charge in [0.15, 0.2) is 0 Å². The third kappa shape index (κ3) is 3.79. The summed E-state index contributed by atoms with van der Waals surface area (Å²) in [7, 11) is 0. The van der Waals surface area contributed by atoms with E-state index in [9.17, 15) is 0 Å². The zero-order valence-electron chi connectivity index (χ0n) is 9.99. The van der Waals surface area contributed by atoms with Gasteiger partial charge in [-0.15, -0.1) is 11.3 Å². The van der Waals surface area contributed by atoms with Gasteiger partial charge in [0.1, 0.15) is 0 Å². The van der Waals surface area contributed by atoms with Gasteiger partial charge in [-0.1, -0.05) is 33.6 Å². The molecule has 1 unspecified atom stereocenters. The molecule has 1 aromatic heterocycles. The highest BCUT2D eigenvalue weighted by atomic mass is 79.9. The molecular weight excluding hydrogens is 332 g/mol. The molecular formula is C13H14BrClN2S. The largest absolute Gasteiger partial charge is 0.310 e. The fraction of sp³-hybridized carbons (Fsp3) is 0.308. The summed E-state index contributed by atoms with van der Waals surface area (Å²) in [6, 6.07) is 6.23. The van der Waals surface area contributed by atoms with Gasteiger partial charge in [-0.25, -0.2) is 4.98 Å². The Morgan fingerprint density at radius 1 is 1.50 bits per heavy atom. The standard InChI is InChI=1S/C13H14BrClN2S/c1-9(12-3-2-10(14)6-13(12)15)16-5-4-11-7-18-8-17-11/h2-3,6-9,16H,4-5H2,1H3. The van der Waals surface area contributed by atoms with Gasteiger partial charge >= 0.3 is 0 Å². The summed E-state index contributed by atoms with van der Waals surface area (Å²) in [6.45, 7) is 3.02. The normalized spacial score (nSPS) is 12.6. The van der Waals surface area contributed by atoms with Crippen molar-refractivity contribution >= 4 is 38.9 Å². The van der Waals surface area contributed by atoms with E-state index in [0.717, 1.165) is 33.7 Å². The van der Waals surface area contributed by atoms with Gasteiger partial charge in [0.05, 0.1) is 11.2 Å². The van der Waals surface area contributed by atoms with Crippen LogP contribution in [0, 0.1) is 0 Å². The van der Waals surface area contributed by atoms with Gasteiger partial charge in [0, 0.05) is 33.9 Å². The van der Waals surface area contributed by atoms with Crippen LogP contribution in [0.2, 0.25) is 5.02 Å². The van der Waals surface area contributed by atoms with Crippen molar-refractivity contribution in [3.05, 3.63) is 49.8 Å². The predicted octanol–water partition coefficient (Wildman–Crippen LogP) is 4.45. The van der Waals surface area contributed by atoms with E-state index in [-0.39, 0.29) is 6.04 Å². The van der Waals surface area contributed by atoms with Crippen LogP contribution in [0.3, 0.4) is 0 Å². The molecule has 96 valence electrons. The van der Waals surface area contributed by atoms with E-state index in [4.69, 9.17) is 11.6 Å². The number of thiazole rings is 1. The lowest BCUT2D eigenvalue weighted by Gasteiger charge is -2.15. The minimum absolute atomic E-state index is 0.240. The van der Waals surface area contributed by atoms with Crippen molar-refractivity contribution in [1.82, 2.24) is 10.3 Å². The maximum Gasteiger partial charge on any atom is 0.0794 e. The lowest BCUT2D eigenvalue weighted by molar-refractivity contribution is 0.574. The molecule has 1 heterocycles. The molecule has 0 aliphatic heterocycles. The van der Waals surface area contributed by atoms with Crippen molar-refractivity contribution in [3.63, 3.8) is 0 Å². The molecule has 2 aromatic rings. The van der Waals surface area contributed by atoms with Crippen LogP contribution >= 0.6 is 38.9 Å². The number of nitrogens with zero attached hydrogens (tertiary/aromatic N) is 1. The minimum Gasteiger partial charge on any atom is -0.310 e. The van der Waals surface area contributed by atoms with Crippen LogP contribution in [0.1, 0.15) is 24.2 Å². The van der Waals surface area contributed by atoms with Crippen LogP contribution in [0.5, 0.6) is 0 Å². The highest BCUT2D eigenvalue weighted by Crippen LogP contribution is 2.26. The molecule has 2 nitrogen and oxygen atoms in total. The molecule has 0 radical (unpaired) electrons. The number of nitrogens with one attached hydrogen (secondary N) is 1. The quantitative estimate of drug-likeness (QED) is 0.866. The van der Waals surface area contributed by atoms with Crippen molar-refractivity contribution in [1.29, 1.82) is 0 Å². The topological polar surface area (TPSA) is 24.9 Å². The molecule has 0 aliphatic carbocycles. The molecule has 1 aromatic carbocycles.